The lowest BCUT2D eigenvalue weighted by Gasteiger charge is -2.30. The summed E-state index contributed by atoms with van der Waals surface area (Å²) in [7, 11) is 1.30. The molecule has 1 aromatic rings. The molecule has 7 heteroatoms. The molecule has 118 valence electrons. The topological polar surface area (TPSA) is 102 Å². The molecule has 0 aliphatic carbocycles. The van der Waals surface area contributed by atoms with Gasteiger partial charge in [0, 0.05) is 24.7 Å². The van der Waals surface area contributed by atoms with Crippen molar-refractivity contribution < 1.29 is 19.1 Å². The second-order valence-electron chi connectivity index (χ2n) is 5.17. The van der Waals surface area contributed by atoms with E-state index in [1.807, 2.05) is 0 Å². The Labute approximate surface area is 128 Å². The fourth-order valence-electron chi connectivity index (χ4n) is 2.41. The van der Waals surface area contributed by atoms with E-state index in [1.165, 1.54) is 7.11 Å². The van der Waals surface area contributed by atoms with Crippen LogP contribution in [0, 0.1) is 5.92 Å². The number of carbonyl (C=O) groups excluding carboxylic acids is 3. The number of methoxy groups -OCH3 is 1. The first-order valence-electron chi connectivity index (χ1n) is 7.05. The van der Waals surface area contributed by atoms with Crippen molar-refractivity contribution in [1.82, 2.24) is 4.90 Å². The maximum Gasteiger partial charge on any atom is 0.337 e. The Hall–Kier alpha value is -2.57. The molecule has 0 aromatic heterocycles. The average Bonchev–Trinajstić information content (AvgIpc) is 2.54. The number of esters is 1. The number of ether oxygens (including phenoxy) is 1. The van der Waals surface area contributed by atoms with Crippen molar-refractivity contribution in [2.75, 3.05) is 25.5 Å². The number of nitrogens with two attached hydrogens (primary N) is 1. The Balaban J connectivity index is 1.95. The van der Waals surface area contributed by atoms with Crippen LogP contribution in [0.5, 0.6) is 0 Å². The van der Waals surface area contributed by atoms with Crippen LogP contribution in [-0.2, 0) is 9.53 Å². The molecule has 22 heavy (non-hydrogen) atoms. The monoisotopic (exact) mass is 305 g/mol. The highest BCUT2D eigenvalue weighted by Crippen LogP contribution is 2.18. The van der Waals surface area contributed by atoms with Crippen molar-refractivity contribution in [1.29, 1.82) is 0 Å². The quantitative estimate of drug-likeness (QED) is 0.819. The first-order valence-corrected chi connectivity index (χ1v) is 7.05. The summed E-state index contributed by atoms with van der Waals surface area (Å²) in [6.07, 6.45) is 1.15. The number of rotatable bonds is 3. The van der Waals surface area contributed by atoms with Crippen molar-refractivity contribution in [2.24, 2.45) is 11.7 Å². The highest BCUT2D eigenvalue weighted by molar-refractivity contribution is 5.94. The zero-order valence-electron chi connectivity index (χ0n) is 12.4. The first-order chi connectivity index (χ1) is 10.5. The summed E-state index contributed by atoms with van der Waals surface area (Å²) in [5.41, 5.74) is 6.16. The van der Waals surface area contributed by atoms with Crippen LogP contribution < -0.4 is 11.1 Å². The van der Waals surface area contributed by atoms with Crippen molar-refractivity contribution in [3.8, 4) is 0 Å². The Morgan fingerprint density at radius 2 is 1.95 bits per heavy atom. The van der Waals surface area contributed by atoms with Crippen LogP contribution in [0.1, 0.15) is 23.2 Å². The molecule has 3 N–H and O–H groups in total. The number of hydrogen-bond donors (Lipinski definition) is 2. The molecule has 1 aliphatic rings. The summed E-state index contributed by atoms with van der Waals surface area (Å²) in [5, 5.41) is 2.74. The number of hydrogen-bond acceptors (Lipinski definition) is 4. The highest BCUT2D eigenvalue weighted by atomic mass is 16.5. The number of carbonyl (C=O) groups is 3. The molecule has 3 amide bonds. The lowest BCUT2D eigenvalue weighted by molar-refractivity contribution is -0.122. The number of anilines is 1. The average molecular weight is 305 g/mol. The summed E-state index contributed by atoms with van der Waals surface area (Å²) < 4.78 is 4.64. The van der Waals surface area contributed by atoms with Crippen molar-refractivity contribution in [3.05, 3.63) is 29.8 Å². The molecule has 0 spiro atoms. The predicted molar refractivity (Wildman–Crippen MR) is 80.3 cm³/mol. The summed E-state index contributed by atoms with van der Waals surface area (Å²) >= 11 is 0. The molecule has 1 fully saturated rings. The SMILES string of the molecule is COC(=O)c1cccc(NC(=O)N2CCC(C(N)=O)CC2)c1. The molecule has 7 nitrogen and oxygen atoms in total. The molecular weight excluding hydrogens is 286 g/mol. The van der Waals surface area contributed by atoms with Gasteiger partial charge in [-0.2, -0.15) is 0 Å². The Morgan fingerprint density at radius 1 is 1.27 bits per heavy atom. The van der Waals surface area contributed by atoms with Gasteiger partial charge in [-0.3, -0.25) is 4.79 Å². The van der Waals surface area contributed by atoms with Gasteiger partial charge >= 0.3 is 12.0 Å². The van der Waals surface area contributed by atoms with Gasteiger partial charge in [0.2, 0.25) is 5.91 Å². The maximum atomic E-state index is 12.2. The maximum absolute atomic E-state index is 12.2. The minimum atomic E-state index is -0.460. The third-order valence-electron chi connectivity index (χ3n) is 3.72. The molecule has 0 radical (unpaired) electrons. The molecule has 0 bridgehead atoms. The van der Waals surface area contributed by atoms with Crippen LogP contribution >= 0.6 is 0 Å². The molecule has 1 heterocycles. The van der Waals surface area contributed by atoms with E-state index in [4.69, 9.17) is 5.73 Å². The van der Waals surface area contributed by atoms with Crippen LogP contribution in [0.4, 0.5) is 10.5 Å². The first kappa shape index (κ1) is 15.8. The number of primary amides is 1. The van der Waals surface area contributed by atoms with E-state index >= 15 is 0 Å². The van der Waals surface area contributed by atoms with Crippen molar-refractivity contribution in [3.63, 3.8) is 0 Å². The normalized spacial score (nSPS) is 15.2. The van der Waals surface area contributed by atoms with E-state index < -0.39 is 5.97 Å². The number of benzene rings is 1. The fraction of sp³-hybridized carbons (Fsp3) is 0.400. The van der Waals surface area contributed by atoms with Gasteiger partial charge in [-0.25, -0.2) is 9.59 Å². The van der Waals surface area contributed by atoms with E-state index in [1.54, 1.807) is 29.2 Å². The van der Waals surface area contributed by atoms with Crippen LogP contribution in [-0.4, -0.2) is 43.0 Å². The summed E-state index contributed by atoms with van der Waals surface area (Å²) in [5.74, 6) is -0.934. The van der Waals surface area contributed by atoms with Gasteiger partial charge in [-0.1, -0.05) is 6.07 Å². The molecule has 0 saturated carbocycles. The minimum absolute atomic E-state index is 0.160. The zero-order chi connectivity index (χ0) is 16.1. The molecule has 0 unspecified atom stereocenters. The van der Waals surface area contributed by atoms with Crippen LogP contribution in [0.15, 0.2) is 24.3 Å². The molecular formula is C15H19N3O4. The predicted octanol–water partition coefficient (Wildman–Crippen LogP) is 1.20. The van der Waals surface area contributed by atoms with Crippen molar-refractivity contribution >= 4 is 23.6 Å². The van der Waals surface area contributed by atoms with E-state index in [9.17, 15) is 14.4 Å². The molecule has 1 saturated heterocycles. The van der Waals surface area contributed by atoms with Crippen LogP contribution in [0.25, 0.3) is 0 Å². The standard InChI is InChI=1S/C15H19N3O4/c1-22-14(20)11-3-2-4-12(9-11)17-15(21)18-7-5-10(6-8-18)13(16)19/h2-4,9-10H,5-8H2,1H3,(H2,16,19)(H,17,21). The largest absolute Gasteiger partial charge is 0.465 e. The molecule has 0 atom stereocenters. The Kier molecular flexibility index (Phi) is 4.98. The van der Waals surface area contributed by atoms with Gasteiger partial charge in [-0.15, -0.1) is 0 Å². The van der Waals surface area contributed by atoms with E-state index in [0.717, 1.165) is 0 Å². The Morgan fingerprint density at radius 3 is 2.55 bits per heavy atom. The number of likely N-dealkylation sites (tertiary alicyclic amines) is 1. The van der Waals surface area contributed by atoms with Gasteiger partial charge in [0.25, 0.3) is 0 Å². The van der Waals surface area contributed by atoms with Gasteiger partial charge in [0.05, 0.1) is 12.7 Å². The Bertz CT molecular complexity index is 580. The molecule has 2 rings (SSSR count). The summed E-state index contributed by atoms with van der Waals surface area (Å²) in [4.78, 5) is 36.4. The summed E-state index contributed by atoms with van der Waals surface area (Å²) in [6, 6.07) is 6.27. The number of nitrogens with one attached hydrogen (secondary N) is 1. The molecule has 1 aromatic carbocycles. The third kappa shape index (κ3) is 3.75. The van der Waals surface area contributed by atoms with E-state index in [-0.39, 0.29) is 17.9 Å². The number of urea groups is 1. The zero-order valence-corrected chi connectivity index (χ0v) is 12.4. The van der Waals surface area contributed by atoms with Gasteiger partial charge < -0.3 is 20.7 Å². The second-order valence-corrected chi connectivity index (χ2v) is 5.17. The molecule has 1 aliphatic heterocycles. The lowest BCUT2D eigenvalue weighted by atomic mass is 9.96. The minimum Gasteiger partial charge on any atom is -0.465 e. The van der Waals surface area contributed by atoms with E-state index in [0.29, 0.717) is 37.2 Å². The van der Waals surface area contributed by atoms with Gasteiger partial charge in [0.15, 0.2) is 0 Å². The third-order valence-corrected chi connectivity index (χ3v) is 3.72. The lowest BCUT2D eigenvalue weighted by Crippen LogP contribution is -2.43. The number of nitrogens with zero attached hydrogens (tertiary/aromatic N) is 1. The fourth-order valence-corrected chi connectivity index (χ4v) is 2.41. The van der Waals surface area contributed by atoms with Gasteiger partial charge in [0.1, 0.15) is 0 Å². The van der Waals surface area contributed by atoms with Crippen LogP contribution in [0.3, 0.4) is 0 Å². The highest BCUT2D eigenvalue weighted by Gasteiger charge is 2.25. The number of piperidine rings is 1. The van der Waals surface area contributed by atoms with Gasteiger partial charge in [-0.05, 0) is 31.0 Å². The van der Waals surface area contributed by atoms with Crippen LogP contribution in [0.2, 0.25) is 0 Å². The van der Waals surface area contributed by atoms with Crippen molar-refractivity contribution in [2.45, 2.75) is 12.8 Å². The summed E-state index contributed by atoms with van der Waals surface area (Å²) in [6.45, 7) is 0.965. The smallest absolute Gasteiger partial charge is 0.337 e. The second kappa shape index (κ2) is 6.93. The van der Waals surface area contributed by atoms with E-state index in [2.05, 4.69) is 10.1 Å². The number of amides is 3.